The number of halogens is 1. The molecule has 0 aromatic carbocycles. The average molecular weight is 199 g/mol. The number of alkyl halides is 1. The molecular formula is C4H7BrO4. The van der Waals surface area contributed by atoms with E-state index in [1.807, 2.05) is 0 Å². The van der Waals surface area contributed by atoms with Crippen molar-refractivity contribution in [1.29, 1.82) is 0 Å². The first-order valence-electron chi connectivity index (χ1n) is 2.24. The lowest BCUT2D eigenvalue weighted by molar-refractivity contribution is -0.151. The van der Waals surface area contributed by atoms with Crippen LogP contribution in [0.2, 0.25) is 0 Å². The van der Waals surface area contributed by atoms with Gasteiger partial charge in [0.2, 0.25) is 0 Å². The Hall–Kier alpha value is -0.130. The van der Waals surface area contributed by atoms with Crippen molar-refractivity contribution in [2.45, 2.75) is 12.2 Å². The number of rotatable bonds is 3. The van der Waals surface area contributed by atoms with Crippen LogP contribution in [0.5, 0.6) is 0 Å². The fraction of sp³-hybridized carbons (Fsp3) is 0.750. The molecule has 0 radical (unpaired) electrons. The van der Waals surface area contributed by atoms with Gasteiger partial charge in [-0.25, -0.2) is 4.79 Å². The monoisotopic (exact) mass is 198 g/mol. The van der Waals surface area contributed by atoms with Crippen LogP contribution in [0, 0.1) is 0 Å². The van der Waals surface area contributed by atoms with Gasteiger partial charge in [0.25, 0.3) is 0 Å². The molecule has 2 atom stereocenters. The van der Waals surface area contributed by atoms with Gasteiger partial charge in [0.05, 0.1) is 0 Å². The molecule has 0 aromatic rings. The molecule has 0 saturated heterocycles. The summed E-state index contributed by atoms with van der Waals surface area (Å²) in [6.45, 7) is 0. The van der Waals surface area contributed by atoms with Crippen molar-refractivity contribution in [2.75, 3.05) is 5.33 Å². The van der Waals surface area contributed by atoms with Crippen LogP contribution in [-0.2, 0) is 4.79 Å². The van der Waals surface area contributed by atoms with Crippen molar-refractivity contribution in [3.63, 3.8) is 0 Å². The van der Waals surface area contributed by atoms with Crippen LogP contribution in [0.15, 0.2) is 0 Å². The summed E-state index contributed by atoms with van der Waals surface area (Å²) in [5.41, 5.74) is 0. The maximum atomic E-state index is 9.87. The molecule has 3 N–H and O–H groups in total. The van der Waals surface area contributed by atoms with Crippen LogP contribution in [-0.4, -0.2) is 38.8 Å². The normalized spacial score (nSPS) is 16.8. The van der Waals surface area contributed by atoms with Crippen molar-refractivity contribution in [3.8, 4) is 0 Å². The Bertz CT molecular complexity index is 105. The predicted octanol–water partition coefficient (Wildman–Crippen LogP) is -0.812. The molecule has 0 saturated carbocycles. The van der Waals surface area contributed by atoms with Crippen molar-refractivity contribution in [1.82, 2.24) is 0 Å². The fourth-order valence-electron chi connectivity index (χ4n) is 0.249. The van der Waals surface area contributed by atoms with Gasteiger partial charge in [-0.15, -0.1) is 0 Å². The second kappa shape index (κ2) is 3.81. The summed E-state index contributed by atoms with van der Waals surface area (Å²) < 4.78 is 0. The standard InChI is InChI=1S/C4H7BrO4/c5-1-2(6)3(7)4(8)9/h2-3,6-7H,1H2,(H,8,9)/t2-,3-/m1/s1. The topological polar surface area (TPSA) is 77.8 Å². The minimum Gasteiger partial charge on any atom is -0.479 e. The quantitative estimate of drug-likeness (QED) is 0.519. The van der Waals surface area contributed by atoms with E-state index in [2.05, 4.69) is 15.9 Å². The summed E-state index contributed by atoms with van der Waals surface area (Å²) in [4.78, 5) is 9.87. The van der Waals surface area contributed by atoms with Crippen molar-refractivity contribution < 1.29 is 20.1 Å². The molecule has 0 fully saturated rings. The Morgan fingerprint density at radius 3 is 2.11 bits per heavy atom. The molecule has 0 spiro atoms. The molecule has 5 heteroatoms. The zero-order valence-corrected chi connectivity index (χ0v) is 6.08. The number of aliphatic hydroxyl groups is 2. The van der Waals surface area contributed by atoms with E-state index in [1.54, 1.807) is 0 Å². The largest absolute Gasteiger partial charge is 0.479 e. The highest BCUT2D eigenvalue weighted by Gasteiger charge is 2.21. The maximum Gasteiger partial charge on any atom is 0.335 e. The van der Waals surface area contributed by atoms with E-state index < -0.39 is 18.2 Å². The van der Waals surface area contributed by atoms with Crippen LogP contribution >= 0.6 is 15.9 Å². The third-order valence-corrected chi connectivity index (χ3v) is 1.44. The molecule has 0 aliphatic heterocycles. The highest BCUT2D eigenvalue weighted by atomic mass is 79.9. The van der Waals surface area contributed by atoms with Crippen LogP contribution < -0.4 is 0 Å². The minimum atomic E-state index is -1.69. The van der Waals surface area contributed by atoms with Gasteiger partial charge in [0.15, 0.2) is 6.10 Å². The molecule has 0 unspecified atom stereocenters. The molecular weight excluding hydrogens is 192 g/mol. The molecule has 0 aromatic heterocycles. The average Bonchev–Trinajstić information content (AvgIpc) is 1.84. The molecule has 9 heavy (non-hydrogen) atoms. The van der Waals surface area contributed by atoms with E-state index in [9.17, 15) is 4.79 Å². The van der Waals surface area contributed by atoms with E-state index in [0.717, 1.165) is 0 Å². The number of aliphatic carboxylic acids is 1. The summed E-state index contributed by atoms with van der Waals surface area (Å²) in [6.07, 6.45) is -2.92. The van der Waals surface area contributed by atoms with Crippen molar-refractivity contribution >= 4 is 21.9 Å². The first-order valence-corrected chi connectivity index (χ1v) is 3.36. The molecule has 0 amide bonds. The Labute approximate surface area is 60.2 Å². The lowest BCUT2D eigenvalue weighted by Gasteiger charge is -2.08. The van der Waals surface area contributed by atoms with Crippen LogP contribution in [0.1, 0.15) is 0 Å². The summed E-state index contributed by atoms with van der Waals surface area (Å²) in [6, 6.07) is 0. The van der Waals surface area contributed by atoms with E-state index in [-0.39, 0.29) is 5.33 Å². The van der Waals surface area contributed by atoms with Gasteiger partial charge in [-0.2, -0.15) is 0 Å². The molecule has 0 aliphatic rings. The first-order chi connectivity index (χ1) is 4.09. The molecule has 0 aliphatic carbocycles. The Balaban J connectivity index is 3.72. The highest BCUT2D eigenvalue weighted by molar-refractivity contribution is 9.09. The molecule has 54 valence electrons. The second-order valence-electron chi connectivity index (χ2n) is 1.50. The Kier molecular flexibility index (Phi) is 3.76. The predicted molar refractivity (Wildman–Crippen MR) is 33.4 cm³/mol. The molecule has 4 nitrogen and oxygen atoms in total. The molecule has 0 bridgehead atoms. The van der Waals surface area contributed by atoms with E-state index in [1.165, 1.54) is 0 Å². The second-order valence-corrected chi connectivity index (χ2v) is 2.15. The van der Waals surface area contributed by atoms with E-state index >= 15 is 0 Å². The number of hydrogen-bond donors (Lipinski definition) is 3. The Morgan fingerprint density at radius 2 is 2.00 bits per heavy atom. The fourth-order valence-corrected chi connectivity index (χ4v) is 0.603. The van der Waals surface area contributed by atoms with Gasteiger partial charge >= 0.3 is 5.97 Å². The van der Waals surface area contributed by atoms with E-state index in [4.69, 9.17) is 15.3 Å². The number of carboxylic acid groups (broad SMARTS) is 1. The summed E-state index contributed by atoms with van der Waals surface area (Å²) >= 11 is 2.81. The zero-order chi connectivity index (χ0) is 7.44. The van der Waals surface area contributed by atoms with Gasteiger partial charge in [-0.1, -0.05) is 15.9 Å². The summed E-state index contributed by atoms with van der Waals surface area (Å²) in [5, 5.41) is 25.2. The third kappa shape index (κ3) is 2.78. The SMILES string of the molecule is O=C(O)[C@H](O)[C@H](O)CBr. The van der Waals surface area contributed by atoms with Gasteiger partial charge in [-0.05, 0) is 0 Å². The first kappa shape index (κ1) is 8.87. The van der Waals surface area contributed by atoms with Gasteiger partial charge < -0.3 is 15.3 Å². The molecule has 0 heterocycles. The lowest BCUT2D eigenvalue weighted by Crippen LogP contribution is -2.34. The smallest absolute Gasteiger partial charge is 0.335 e. The minimum absolute atomic E-state index is 0.0560. The highest BCUT2D eigenvalue weighted by Crippen LogP contribution is 1.96. The number of aliphatic hydroxyl groups excluding tert-OH is 2. The number of carboxylic acids is 1. The van der Waals surface area contributed by atoms with Gasteiger partial charge in [0, 0.05) is 5.33 Å². The maximum absolute atomic E-state index is 9.87. The van der Waals surface area contributed by atoms with Gasteiger partial charge in [-0.3, -0.25) is 0 Å². The summed E-state index contributed by atoms with van der Waals surface area (Å²) in [5.74, 6) is -1.41. The van der Waals surface area contributed by atoms with Crippen molar-refractivity contribution in [2.24, 2.45) is 0 Å². The van der Waals surface area contributed by atoms with Gasteiger partial charge in [0.1, 0.15) is 6.10 Å². The molecule has 0 rings (SSSR count). The lowest BCUT2D eigenvalue weighted by atomic mass is 10.2. The van der Waals surface area contributed by atoms with Crippen molar-refractivity contribution in [3.05, 3.63) is 0 Å². The zero-order valence-electron chi connectivity index (χ0n) is 4.49. The van der Waals surface area contributed by atoms with Crippen LogP contribution in [0.4, 0.5) is 0 Å². The number of hydrogen-bond acceptors (Lipinski definition) is 3. The van der Waals surface area contributed by atoms with E-state index in [0.29, 0.717) is 0 Å². The number of carbonyl (C=O) groups is 1. The van der Waals surface area contributed by atoms with Crippen LogP contribution in [0.3, 0.4) is 0 Å². The summed E-state index contributed by atoms with van der Waals surface area (Å²) in [7, 11) is 0. The Morgan fingerprint density at radius 1 is 1.56 bits per heavy atom. The van der Waals surface area contributed by atoms with Crippen LogP contribution in [0.25, 0.3) is 0 Å². The third-order valence-electron chi connectivity index (χ3n) is 0.776.